The van der Waals surface area contributed by atoms with Crippen molar-refractivity contribution in [3.8, 4) is 0 Å². The van der Waals surface area contributed by atoms with Crippen molar-refractivity contribution in [1.29, 1.82) is 0 Å². The Kier molecular flexibility index (Phi) is 4.30. The van der Waals surface area contributed by atoms with Crippen LogP contribution in [0.2, 0.25) is 0 Å². The Labute approximate surface area is 103 Å². The average molecular weight is 274 g/mol. The second kappa shape index (κ2) is 5.02. The summed E-state index contributed by atoms with van der Waals surface area (Å²) in [4.78, 5) is 12.9. The summed E-state index contributed by atoms with van der Waals surface area (Å²) in [6.45, 7) is 1.50. The molecule has 7 heteroatoms. The molecule has 1 heterocycles. The minimum atomic E-state index is -4.65. The Balaban J connectivity index is 2.60. The number of amides is 1. The van der Waals surface area contributed by atoms with E-state index in [9.17, 15) is 23.1 Å². The van der Waals surface area contributed by atoms with Gasteiger partial charge in [-0.05, 0) is 6.42 Å². The summed E-state index contributed by atoms with van der Waals surface area (Å²) < 4.78 is 37.5. The maximum absolute atomic E-state index is 12.5. The lowest BCUT2D eigenvalue weighted by molar-refractivity contribution is -0.272. The van der Waals surface area contributed by atoms with Crippen LogP contribution in [0.3, 0.4) is 0 Å². The second-order valence-electron chi connectivity index (χ2n) is 4.23. The van der Waals surface area contributed by atoms with Crippen LogP contribution in [0.15, 0.2) is 0 Å². The maximum atomic E-state index is 12.5. The van der Waals surface area contributed by atoms with E-state index < -0.39 is 30.0 Å². The number of rotatable bonds is 2. The molecule has 0 unspecified atom stereocenters. The molecule has 0 aromatic carbocycles. The number of carbonyl (C=O) groups is 1. The summed E-state index contributed by atoms with van der Waals surface area (Å²) in [6, 6.07) is 0. The third kappa shape index (κ3) is 3.04. The molecular formula is C10H15ClF3NO2. The zero-order valence-electron chi connectivity index (χ0n) is 9.43. The number of carbonyl (C=O) groups excluding carboxylic acids is 1. The van der Waals surface area contributed by atoms with Crippen LogP contribution < -0.4 is 0 Å². The average Bonchev–Trinajstić information content (AvgIpc) is 2.26. The molecular weight excluding hydrogens is 259 g/mol. The quantitative estimate of drug-likeness (QED) is 0.781. The van der Waals surface area contributed by atoms with Crippen molar-refractivity contribution in [2.24, 2.45) is 0 Å². The van der Waals surface area contributed by atoms with Crippen molar-refractivity contribution in [2.75, 3.05) is 13.1 Å². The van der Waals surface area contributed by atoms with Gasteiger partial charge in [-0.2, -0.15) is 13.2 Å². The number of nitrogens with zero attached hydrogens (tertiary/aromatic N) is 1. The first-order valence-corrected chi connectivity index (χ1v) is 5.87. The molecule has 1 amide bonds. The molecule has 0 radical (unpaired) electrons. The van der Waals surface area contributed by atoms with Crippen molar-refractivity contribution in [1.82, 2.24) is 4.90 Å². The van der Waals surface area contributed by atoms with Crippen LogP contribution in [0.4, 0.5) is 13.2 Å². The minimum absolute atomic E-state index is 0.113. The van der Waals surface area contributed by atoms with E-state index in [1.807, 2.05) is 0 Å². The Hall–Kier alpha value is -0.490. The molecule has 0 spiro atoms. The first-order valence-electron chi connectivity index (χ1n) is 5.43. The van der Waals surface area contributed by atoms with Crippen molar-refractivity contribution < 1.29 is 23.1 Å². The number of likely N-dealkylation sites (tertiary alicyclic amines) is 1. The van der Waals surface area contributed by atoms with E-state index in [0.29, 0.717) is 6.42 Å². The number of aliphatic hydroxyl groups is 1. The lowest BCUT2D eigenvalue weighted by atomic mass is 9.90. The van der Waals surface area contributed by atoms with E-state index in [2.05, 4.69) is 0 Å². The number of hydrogen-bond donors (Lipinski definition) is 1. The van der Waals surface area contributed by atoms with Crippen molar-refractivity contribution in [3.05, 3.63) is 0 Å². The first-order chi connectivity index (χ1) is 7.71. The summed E-state index contributed by atoms with van der Waals surface area (Å²) in [5, 5.41) is 8.71. The summed E-state index contributed by atoms with van der Waals surface area (Å²) in [7, 11) is 0. The molecule has 0 aliphatic carbocycles. The Morgan fingerprint density at radius 2 is 1.94 bits per heavy atom. The molecule has 1 atom stereocenters. The fourth-order valence-corrected chi connectivity index (χ4v) is 1.89. The van der Waals surface area contributed by atoms with Crippen LogP contribution in [0.1, 0.15) is 26.2 Å². The van der Waals surface area contributed by atoms with Crippen LogP contribution in [0.25, 0.3) is 0 Å². The van der Waals surface area contributed by atoms with Gasteiger partial charge >= 0.3 is 6.18 Å². The maximum Gasteiger partial charge on any atom is 0.417 e. The molecule has 0 saturated carbocycles. The largest absolute Gasteiger partial charge is 0.417 e. The highest BCUT2D eigenvalue weighted by Crippen LogP contribution is 2.38. The smallest absolute Gasteiger partial charge is 0.380 e. The Bertz CT molecular complexity index is 288. The van der Waals surface area contributed by atoms with Crippen molar-refractivity contribution in [3.63, 3.8) is 0 Å². The van der Waals surface area contributed by atoms with E-state index in [-0.39, 0.29) is 19.0 Å². The molecule has 0 aromatic rings. The highest BCUT2D eigenvalue weighted by Gasteiger charge is 2.55. The van der Waals surface area contributed by atoms with E-state index in [1.165, 1.54) is 4.90 Å². The monoisotopic (exact) mass is 273 g/mol. The van der Waals surface area contributed by atoms with Crippen molar-refractivity contribution in [2.45, 2.75) is 43.3 Å². The third-order valence-corrected chi connectivity index (χ3v) is 3.55. The predicted octanol–water partition coefficient (Wildman–Crippen LogP) is 1.92. The predicted molar refractivity (Wildman–Crippen MR) is 56.8 cm³/mol. The second-order valence-corrected chi connectivity index (χ2v) is 4.76. The van der Waals surface area contributed by atoms with Crippen molar-refractivity contribution >= 4 is 17.5 Å². The van der Waals surface area contributed by atoms with Gasteiger partial charge in [0, 0.05) is 25.9 Å². The van der Waals surface area contributed by atoms with E-state index in [4.69, 9.17) is 11.6 Å². The van der Waals surface area contributed by atoms with Gasteiger partial charge in [-0.3, -0.25) is 4.79 Å². The zero-order valence-corrected chi connectivity index (χ0v) is 10.2. The van der Waals surface area contributed by atoms with Crippen LogP contribution in [0.5, 0.6) is 0 Å². The van der Waals surface area contributed by atoms with Gasteiger partial charge in [0.25, 0.3) is 0 Å². The fraction of sp³-hybridized carbons (Fsp3) is 0.900. The van der Waals surface area contributed by atoms with Crippen LogP contribution in [-0.2, 0) is 4.79 Å². The zero-order chi connectivity index (χ0) is 13.3. The number of hydrogen-bond acceptors (Lipinski definition) is 2. The molecule has 1 aliphatic rings. The summed E-state index contributed by atoms with van der Waals surface area (Å²) in [5.41, 5.74) is -2.67. The summed E-state index contributed by atoms with van der Waals surface area (Å²) in [5.74, 6) is -0.363. The lowest BCUT2D eigenvalue weighted by Crippen LogP contribution is -2.55. The van der Waals surface area contributed by atoms with E-state index >= 15 is 0 Å². The fourth-order valence-electron chi connectivity index (χ4n) is 1.75. The molecule has 1 saturated heterocycles. The van der Waals surface area contributed by atoms with Gasteiger partial charge in [-0.1, -0.05) is 6.92 Å². The molecule has 1 N–H and O–H groups in total. The van der Waals surface area contributed by atoms with Gasteiger partial charge in [-0.15, -0.1) is 11.6 Å². The first kappa shape index (κ1) is 14.6. The van der Waals surface area contributed by atoms with E-state index in [1.54, 1.807) is 6.92 Å². The topological polar surface area (TPSA) is 40.5 Å². The standard InChI is InChI=1S/C10H15ClF3NO2/c1-2-7(11)8(16)15-5-3-9(17,4-6-15)10(12,13)14/h7,17H,2-6H2,1H3/t7-/m0/s1. The number of piperidine rings is 1. The molecule has 17 heavy (non-hydrogen) atoms. The Morgan fingerprint density at radius 3 is 2.29 bits per heavy atom. The van der Waals surface area contributed by atoms with Gasteiger partial charge in [0.2, 0.25) is 5.91 Å². The number of halogens is 4. The lowest BCUT2D eigenvalue weighted by Gasteiger charge is -2.39. The highest BCUT2D eigenvalue weighted by atomic mass is 35.5. The highest BCUT2D eigenvalue weighted by molar-refractivity contribution is 6.30. The minimum Gasteiger partial charge on any atom is -0.380 e. The molecule has 100 valence electrons. The summed E-state index contributed by atoms with van der Waals surface area (Å²) >= 11 is 5.73. The normalized spacial score (nSPS) is 22.4. The number of alkyl halides is 4. The van der Waals surface area contributed by atoms with Gasteiger partial charge in [0.05, 0.1) is 0 Å². The molecule has 0 bridgehead atoms. The van der Waals surface area contributed by atoms with Crippen LogP contribution in [-0.4, -0.2) is 46.2 Å². The molecule has 1 aliphatic heterocycles. The van der Waals surface area contributed by atoms with E-state index in [0.717, 1.165) is 0 Å². The van der Waals surface area contributed by atoms with Gasteiger partial charge in [-0.25, -0.2) is 0 Å². The Morgan fingerprint density at radius 1 is 1.47 bits per heavy atom. The SMILES string of the molecule is CC[C@H](Cl)C(=O)N1CCC(O)(C(F)(F)F)CC1. The molecule has 1 rings (SSSR count). The van der Waals surface area contributed by atoms with Gasteiger partial charge in [0.1, 0.15) is 5.38 Å². The molecule has 0 aromatic heterocycles. The third-order valence-electron chi connectivity index (χ3n) is 3.06. The van der Waals surface area contributed by atoms with Gasteiger partial charge < -0.3 is 10.0 Å². The van der Waals surface area contributed by atoms with Gasteiger partial charge in [0.15, 0.2) is 5.60 Å². The van der Waals surface area contributed by atoms with Crippen LogP contribution >= 0.6 is 11.6 Å². The molecule has 1 fully saturated rings. The summed E-state index contributed by atoms with van der Waals surface area (Å²) in [6.07, 6.45) is -5.20. The van der Waals surface area contributed by atoms with Crippen LogP contribution in [0, 0.1) is 0 Å². The molecule has 3 nitrogen and oxygen atoms in total.